The quantitative estimate of drug-likeness (QED) is 0.906. The molecule has 1 atom stereocenters. The summed E-state index contributed by atoms with van der Waals surface area (Å²) in [5.74, 6) is 0. The molecule has 0 aromatic carbocycles. The average Bonchev–Trinajstić information content (AvgIpc) is 2.42. The van der Waals surface area contributed by atoms with E-state index in [1.54, 1.807) is 24.2 Å². The standard InChI is InChI=1S/C14H16ClN3S/c1-3-16-10(2)12-5-4-8-17-14(12)19-13-7-6-11(15)9-18-13/h4-10,16H,3H2,1-2H3. The molecule has 1 N–H and O–H groups in total. The molecule has 0 aliphatic heterocycles. The van der Waals surface area contributed by atoms with Gasteiger partial charge in [0.25, 0.3) is 0 Å². The van der Waals surface area contributed by atoms with Crippen LogP contribution in [0.2, 0.25) is 5.02 Å². The SMILES string of the molecule is CCNC(C)c1cccnc1Sc1ccc(Cl)cn1. The molecule has 2 aromatic rings. The molecule has 0 amide bonds. The minimum absolute atomic E-state index is 0.272. The third-order valence-electron chi connectivity index (χ3n) is 2.68. The van der Waals surface area contributed by atoms with Crippen LogP contribution in [0.1, 0.15) is 25.5 Å². The van der Waals surface area contributed by atoms with Crippen molar-refractivity contribution in [2.75, 3.05) is 6.54 Å². The van der Waals surface area contributed by atoms with Gasteiger partial charge < -0.3 is 5.32 Å². The molecule has 0 saturated heterocycles. The number of halogens is 1. The number of nitrogens with one attached hydrogen (secondary N) is 1. The fraction of sp³-hybridized carbons (Fsp3) is 0.286. The van der Waals surface area contributed by atoms with Crippen LogP contribution in [0.15, 0.2) is 46.7 Å². The van der Waals surface area contributed by atoms with Gasteiger partial charge in [-0.2, -0.15) is 0 Å². The summed E-state index contributed by atoms with van der Waals surface area (Å²) in [6.45, 7) is 5.17. The fourth-order valence-electron chi connectivity index (χ4n) is 1.76. The molecule has 0 bridgehead atoms. The van der Waals surface area contributed by atoms with Crippen LogP contribution in [0, 0.1) is 0 Å². The Kier molecular flexibility index (Phi) is 5.19. The molecule has 0 saturated carbocycles. The first-order valence-electron chi connectivity index (χ1n) is 6.18. The van der Waals surface area contributed by atoms with Crippen LogP contribution < -0.4 is 5.32 Å². The maximum Gasteiger partial charge on any atom is 0.107 e. The van der Waals surface area contributed by atoms with Crippen LogP contribution in [0.3, 0.4) is 0 Å². The van der Waals surface area contributed by atoms with Crippen LogP contribution in [0.5, 0.6) is 0 Å². The smallest absolute Gasteiger partial charge is 0.107 e. The van der Waals surface area contributed by atoms with Gasteiger partial charge in [0.15, 0.2) is 0 Å². The lowest BCUT2D eigenvalue weighted by Crippen LogP contribution is -2.18. The van der Waals surface area contributed by atoms with E-state index in [1.807, 2.05) is 18.2 Å². The predicted molar refractivity (Wildman–Crippen MR) is 79.7 cm³/mol. The zero-order chi connectivity index (χ0) is 13.7. The number of hydrogen-bond acceptors (Lipinski definition) is 4. The molecule has 2 heterocycles. The second-order valence-corrected chi connectivity index (χ2v) is 5.54. The van der Waals surface area contributed by atoms with Gasteiger partial charge in [-0.3, -0.25) is 0 Å². The summed E-state index contributed by atoms with van der Waals surface area (Å²) >= 11 is 7.40. The van der Waals surface area contributed by atoms with Crippen molar-refractivity contribution in [3.8, 4) is 0 Å². The maximum absolute atomic E-state index is 5.84. The van der Waals surface area contributed by atoms with Gasteiger partial charge in [0, 0.05) is 24.0 Å². The highest BCUT2D eigenvalue weighted by atomic mass is 35.5. The van der Waals surface area contributed by atoms with E-state index >= 15 is 0 Å². The van der Waals surface area contributed by atoms with Crippen LogP contribution >= 0.6 is 23.4 Å². The molecule has 2 aromatic heterocycles. The van der Waals surface area contributed by atoms with E-state index in [2.05, 4.69) is 35.2 Å². The van der Waals surface area contributed by atoms with Gasteiger partial charge in [0.1, 0.15) is 10.1 Å². The summed E-state index contributed by atoms with van der Waals surface area (Å²) in [4.78, 5) is 8.74. The molecule has 5 heteroatoms. The van der Waals surface area contributed by atoms with Gasteiger partial charge in [-0.15, -0.1) is 0 Å². The number of rotatable bonds is 5. The Bertz CT molecular complexity index is 530. The second kappa shape index (κ2) is 6.89. The minimum Gasteiger partial charge on any atom is -0.310 e. The van der Waals surface area contributed by atoms with E-state index in [-0.39, 0.29) is 6.04 Å². The first-order chi connectivity index (χ1) is 9.20. The Labute approximate surface area is 122 Å². The van der Waals surface area contributed by atoms with Crippen molar-refractivity contribution in [1.82, 2.24) is 15.3 Å². The lowest BCUT2D eigenvalue weighted by molar-refractivity contribution is 0.585. The normalized spacial score (nSPS) is 12.4. The summed E-state index contributed by atoms with van der Waals surface area (Å²) < 4.78 is 0. The fourth-order valence-corrected chi connectivity index (χ4v) is 2.78. The Morgan fingerprint density at radius 3 is 2.84 bits per heavy atom. The van der Waals surface area contributed by atoms with Crippen LogP contribution in [-0.2, 0) is 0 Å². The van der Waals surface area contributed by atoms with E-state index in [9.17, 15) is 0 Å². The van der Waals surface area contributed by atoms with E-state index in [0.29, 0.717) is 5.02 Å². The monoisotopic (exact) mass is 293 g/mol. The molecular weight excluding hydrogens is 278 g/mol. The van der Waals surface area contributed by atoms with E-state index < -0.39 is 0 Å². The molecule has 2 rings (SSSR count). The van der Waals surface area contributed by atoms with Gasteiger partial charge in [0.2, 0.25) is 0 Å². The van der Waals surface area contributed by atoms with Gasteiger partial charge in [-0.05, 0) is 43.4 Å². The Morgan fingerprint density at radius 2 is 2.16 bits per heavy atom. The number of aromatic nitrogens is 2. The lowest BCUT2D eigenvalue weighted by atomic mass is 10.1. The Balaban J connectivity index is 2.22. The highest BCUT2D eigenvalue weighted by molar-refractivity contribution is 7.99. The summed E-state index contributed by atoms with van der Waals surface area (Å²) in [7, 11) is 0. The molecule has 19 heavy (non-hydrogen) atoms. The third kappa shape index (κ3) is 3.93. The number of hydrogen-bond donors (Lipinski definition) is 1. The van der Waals surface area contributed by atoms with Crippen molar-refractivity contribution in [3.05, 3.63) is 47.2 Å². The van der Waals surface area contributed by atoms with E-state index in [4.69, 9.17) is 11.6 Å². The van der Waals surface area contributed by atoms with Crippen molar-refractivity contribution in [3.63, 3.8) is 0 Å². The molecule has 3 nitrogen and oxygen atoms in total. The number of nitrogens with zero attached hydrogens (tertiary/aromatic N) is 2. The van der Waals surface area contributed by atoms with Crippen molar-refractivity contribution in [2.45, 2.75) is 29.9 Å². The van der Waals surface area contributed by atoms with Crippen molar-refractivity contribution in [1.29, 1.82) is 0 Å². The van der Waals surface area contributed by atoms with Gasteiger partial charge in [0.05, 0.1) is 5.02 Å². The summed E-state index contributed by atoms with van der Waals surface area (Å²) in [5.41, 5.74) is 1.19. The summed E-state index contributed by atoms with van der Waals surface area (Å²) in [6, 6.07) is 8.08. The zero-order valence-corrected chi connectivity index (χ0v) is 12.5. The zero-order valence-electron chi connectivity index (χ0n) is 10.9. The molecule has 0 spiro atoms. The molecule has 100 valence electrons. The van der Waals surface area contributed by atoms with E-state index in [0.717, 1.165) is 16.6 Å². The van der Waals surface area contributed by atoms with Crippen LogP contribution in [0.25, 0.3) is 0 Å². The molecule has 0 radical (unpaired) electrons. The third-order valence-corrected chi connectivity index (χ3v) is 3.89. The highest BCUT2D eigenvalue weighted by Crippen LogP contribution is 2.30. The van der Waals surface area contributed by atoms with Gasteiger partial charge in [-0.25, -0.2) is 9.97 Å². The Morgan fingerprint density at radius 1 is 1.32 bits per heavy atom. The predicted octanol–water partition coefficient (Wildman–Crippen LogP) is 3.95. The largest absolute Gasteiger partial charge is 0.310 e. The first kappa shape index (κ1) is 14.3. The highest BCUT2D eigenvalue weighted by Gasteiger charge is 2.12. The van der Waals surface area contributed by atoms with E-state index in [1.165, 1.54) is 5.56 Å². The van der Waals surface area contributed by atoms with Crippen molar-refractivity contribution >= 4 is 23.4 Å². The van der Waals surface area contributed by atoms with Crippen molar-refractivity contribution in [2.24, 2.45) is 0 Å². The topological polar surface area (TPSA) is 37.8 Å². The molecule has 0 aliphatic rings. The molecular formula is C14H16ClN3S. The Hall–Kier alpha value is -1.10. The molecule has 0 fully saturated rings. The van der Waals surface area contributed by atoms with Crippen LogP contribution in [-0.4, -0.2) is 16.5 Å². The van der Waals surface area contributed by atoms with Crippen LogP contribution in [0.4, 0.5) is 0 Å². The lowest BCUT2D eigenvalue weighted by Gasteiger charge is -2.15. The molecule has 0 aliphatic carbocycles. The summed E-state index contributed by atoms with van der Waals surface area (Å²) in [6.07, 6.45) is 3.46. The average molecular weight is 294 g/mol. The second-order valence-electron chi connectivity index (χ2n) is 4.09. The minimum atomic E-state index is 0.272. The molecule has 1 unspecified atom stereocenters. The first-order valence-corrected chi connectivity index (χ1v) is 7.38. The maximum atomic E-state index is 5.84. The van der Waals surface area contributed by atoms with Gasteiger partial charge in [-0.1, -0.05) is 24.6 Å². The number of pyridine rings is 2. The van der Waals surface area contributed by atoms with Crippen molar-refractivity contribution < 1.29 is 0 Å². The van der Waals surface area contributed by atoms with Gasteiger partial charge >= 0.3 is 0 Å². The summed E-state index contributed by atoms with van der Waals surface area (Å²) in [5, 5.41) is 5.92.